The van der Waals surface area contributed by atoms with Crippen molar-refractivity contribution >= 4 is 30.5 Å². The smallest absolute Gasteiger partial charge is 0.410 e. The van der Waals surface area contributed by atoms with E-state index in [0.717, 1.165) is 5.56 Å². The van der Waals surface area contributed by atoms with Gasteiger partial charge in [-0.25, -0.2) is 4.79 Å². The number of Topliss-reactive ketones (excluding diaryl/α,β-unsaturated/α-hetero) is 1. The predicted octanol–water partition coefficient (Wildman–Crippen LogP) is 1.72. The van der Waals surface area contributed by atoms with E-state index in [2.05, 4.69) is 17.9 Å². The number of nitrogens with zero attached hydrogens (tertiary/aromatic N) is 1. The lowest BCUT2D eigenvalue weighted by molar-refractivity contribution is -0.143. The summed E-state index contributed by atoms with van der Waals surface area (Å²) in [5, 5.41) is 12.2. The third-order valence-electron chi connectivity index (χ3n) is 5.14. The minimum Gasteiger partial charge on any atom is -0.481 e. The Morgan fingerprint density at radius 2 is 1.96 bits per heavy atom. The number of piperidine rings is 1. The van der Waals surface area contributed by atoms with Crippen LogP contribution < -0.4 is 5.32 Å². The van der Waals surface area contributed by atoms with E-state index in [-0.39, 0.29) is 24.1 Å². The van der Waals surface area contributed by atoms with Crippen molar-refractivity contribution in [3.63, 3.8) is 0 Å². The molecule has 27 heavy (non-hydrogen) atoms. The summed E-state index contributed by atoms with van der Waals surface area (Å²) >= 11 is 4.44. The molecule has 0 saturated carbocycles. The predicted molar refractivity (Wildman–Crippen MR) is 102 cm³/mol. The number of nitrogens with one attached hydrogen (secondary N) is 1. The van der Waals surface area contributed by atoms with Crippen LogP contribution in [-0.4, -0.2) is 58.3 Å². The first-order chi connectivity index (χ1) is 13.0. The molecule has 0 radical (unpaired) electrons. The van der Waals surface area contributed by atoms with Crippen molar-refractivity contribution < 1.29 is 24.2 Å². The summed E-state index contributed by atoms with van der Waals surface area (Å²) in [6.45, 7) is 0.947. The Balaban J connectivity index is 1.63. The van der Waals surface area contributed by atoms with Crippen LogP contribution in [0.25, 0.3) is 0 Å². The van der Waals surface area contributed by atoms with E-state index in [1.165, 1.54) is 4.90 Å². The molecule has 2 aliphatic heterocycles. The van der Waals surface area contributed by atoms with Crippen molar-refractivity contribution in [3.8, 4) is 0 Å². The van der Waals surface area contributed by atoms with Crippen molar-refractivity contribution in [2.24, 2.45) is 5.92 Å². The highest BCUT2D eigenvalue weighted by atomic mass is 32.1. The van der Waals surface area contributed by atoms with Crippen molar-refractivity contribution in [3.05, 3.63) is 35.9 Å². The van der Waals surface area contributed by atoms with Crippen LogP contribution in [0.5, 0.6) is 0 Å². The van der Waals surface area contributed by atoms with Crippen molar-refractivity contribution in [1.29, 1.82) is 0 Å². The standard InChI is InChI=1S/C19H24N2O5S/c22-17(15-8-13(18(23)24)6-7-20-15)16-9-14(27)10-21(16)19(25)26-11-12-4-2-1-3-5-12/h1-5,13-16,20,27H,6-11H2,(H,23,24)/t13-,14?,15+,16?/m1/s1. The van der Waals surface area contributed by atoms with Gasteiger partial charge in [0.15, 0.2) is 5.78 Å². The van der Waals surface area contributed by atoms with Gasteiger partial charge in [0, 0.05) is 11.8 Å². The SMILES string of the molecule is O=C(O)[C@@H]1CCN[C@H](C(=O)C2CC(S)CN2C(=O)OCc2ccccc2)C1. The Bertz CT molecular complexity index is 699. The fraction of sp³-hybridized carbons (Fsp3) is 0.526. The molecule has 2 N–H and O–H groups in total. The zero-order valence-corrected chi connectivity index (χ0v) is 15.8. The van der Waals surface area contributed by atoms with Crippen LogP contribution in [0.3, 0.4) is 0 Å². The molecule has 0 bridgehead atoms. The summed E-state index contributed by atoms with van der Waals surface area (Å²) in [6, 6.07) is 8.13. The summed E-state index contributed by atoms with van der Waals surface area (Å²) in [5.41, 5.74) is 0.869. The van der Waals surface area contributed by atoms with Gasteiger partial charge in [0.05, 0.1) is 18.0 Å². The second kappa shape index (κ2) is 8.75. The first-order valence-electron chi connectivity index (χ1n) is 9.11. The third kappa shape index (κ3) is 4.81. The fourth-order valence-electron chi connectivity index (χ4n) is 3.68. The molecule has 2 unspecified atom stereocenters. The molecule has 4 atom stereocenters. The molecular weight excluding hydrogens is 368 g/mol. The average Bonchev–Trinajstić information content (AvgIpc) is 3.08. The highest BCUT2D eigenvalue weighted by Crippen LogP contribution is 2.27. The number of ether oxygens (including phenoxy) is 1. The van der Waals surface area contributed by atoms with Crippen LogP contribution in [0.15, 0.2) is 30.3 Å². The number of rotatable bonds is 5. The first-order valence-corrected chi connectivity index (χ1v) is 9.62. The van der Waals surface area contributed by atoms with Crippen molar-refractivity contribution in [1.82, 2.24) is 10.2 Å². The fourth-order valence-corrected chi connectivity index (χ4v) is 4.05. The van der Waals surface area contributed by atoms with E-state index in [0.29, 0.717) is 25.9 Å². The van der Waals surface area contributed by atoms with Gasteiger partial charge in [-0.3, -0.25) is 14.5 Å². The van der Waals surface area contributed by atoms with Gasteiger partial charge in [-0.2, -0.15) is 12.6 Å². The molecule has 2 fully saturated rings. The lowest BCUT2D eigenvalue weighted by Gasteiger charge is -2.31. The second-order valence-corrected chi connectivity index (χ2v) is 7.80. The Kier molecular flexibility index (Phi) is 6.38. The number of carboxylic acids is 1. The Hall–Kier alpha value is -2.06. The molecule has 1 aromatic carbocycles. The molecule has 7 nitrogen and oxygen atoms in total. The summed E-state index contributed by atoms with van der Waals surface area (Å²) in [6.07, 6.45) is 0.647. The third-order valence-corrected chi connectivity index (χ3v) is 5.52. The number of ketones is 1. The zero-order chi connectivity index (χ0) is 19.4. The molecule has 146 valence electrons. The molecule has 8 heteroatoms. The number of carbonyl (C=O) groups excluding carboxylic acids is 2. The minimum absolute atomic E-state index is 0.109. The molecule has 2 aliphatic rings. The van der Waals surface area contributed by atoms with E-state index < -0.39 is 30.1 Å². The molecule has 1 aromatic rings. The maximum absolute atomic E-state index is 13.0. The number of aliphatic carboxylic acids is 1. The van der Waals surface area contributed by atoms with E-state index in [1.54, 1.807) is 0 Å². The molecule has 0 aliphatic carbocycles. The van der Waals surface area contributed by atoms with E-state index >= 15 is 0 Å². The first kappa shape index (κ1) is 19.7. The van der Waals surface area contributed by atoms with Gasteiger partial charge >= 0.3 is 12.1 Å². The number of likely N-dealkylation sites (tertiary alicyclic amines) is 1. The quantitative estimate of drug-likeness (QED) is 0.661. The lowest BCUT2D eigenvalue weighted by Crippen LogP contribution is -2.52. The van der Waals surface area contributed by atoms with Gasteiger partial charge in [-0.05, 0) is 31.4 Å². The van der Waals surface area contributed by atoms with Crippen LogP contribution in [-0.2, 0) is 20.9 Å². The average molecular weight is 392 g/mol. The van der Waals surface area contributed by atoms with Crippen LogP contribution in [0.4, 0.5) is 4.79 Å². The number of hydrogen-bond donors (Lipinski definition) is 3. The maximum Gasteiger partial charge on any atom is 0.410 e. The van der Waals surface area contributed by atoms with Gasteiger partial charge in [0.2, 0.25) is 0 Å². The lowest BCUT2D eigenvalue weighted by atomic mass is 9.88. The highest BCUT2D eigenvalue weighted by molar-refractivity contribution is 7.81. The van der Waals surface area contributed by atoms with Crippen molar-refractivity contribution in [2.45, 2.75) is 43.2 Å². The summed E-state index contributed by atoms with van der Waals surface area (Å²) in [4.78, 5) is 38.2. The molecule has 0 spiro atoms. The normalized spacial score (nSPS) is 28.0. The van der Waals surface area contributed by atoms with Gasteiger partial charge in [-0.1, -0.05) is 30.3 Å². The van der Waals surface area contributed by atoms with Crippen LogP contribution in [0.2, 0.25) is 0 Å². The second-order valence-electron chi connectivity index (χ2n) is 7.07. The van der Waals surface area contributed by atoms with E-state index in [4.69, 9.17) is 4.74 Å². The van der Waals surface area contributed by atoms with Gasteiger partial charge < -0.3 is 15.2 Å². The summed E-state index contributed by atoms with van der Waals surface area (Å²) in [5.74, 6) is -1.58. The molecule has 1 amide bonds. The summed E-state index contributed by atoms with van der Waals surface area (Å²) in [7, 11) is 0. The molecule has 2 heterocycles. The Morgan fingerprint density at radius 1 is 1.22 bits per heavy atom. The largest absolute Gasteiger partial charge is 0.481 e. The molecule has 0 aromatic heterocycles. The maximum atomic E-state index is 13.0. The monoisotopic (exact) mass is 392 g/mol. The number of thiol groups is 1. The van der Waals surface area contributed by atoms with E-state index in [9.17, 15) is 19.5 Å². The number of carbonyl (C=O) groups is 3. The van der Waals surface area contributed by atoms with Gasteiger partial charge in [-0.15, -0.1) is 0 Å². The van der Waals surface area contributed by atoms with Gasteiger partial charge in [0.25, 0.3) is 0 Å². The Morgan fingerprint density at radius 3 is 2.67 bits per heavy atom. The zero-order valence-electron chi connectivity index (χ0n) is 14.9. The number of hydrogen-bond acceptors (Lipinski definition) is 6. The summed E-state index contributed by atoms with van der Waals surface area (Å²) < 4.78 is 5.37. The number of carboxylic acid groups (broad SMARTS) is 1. The minimum atomic E-state index is -0.882. The topological polar surface area (TPSA) is 95.9 Å². The number of benzene rings is 1. The van der Waals surface area contributed by atoms with Crippen molar-refractivity contribution in [2.75, 3.05) is 13.1 Å². The van der Waals surface area contributed by atoms with Crippen LogP contribution in [0.1, 0.15) is 24.8 Å². The van der Waals surface area contributed by atoms with Crippen LogP contribution >= 0.6 is 12.6 Å². The number of amides is 1. The Labute approximate surface area is 163 Å². The highest BCUT2D eigenvalue weighted by Gasteiger charge is 2.43. The molecule has 3 rings (SSSR count). The van der Waals surface area contributed by atoms with Crippen LogP contribution in [0, 0.1) is 5.92 Å². The van der Waals surface area contributed by atoms with Gasteiger partial charge in [0.1, 0.15) is 6.61 Å². The van der Waals surface area contributed by atoms with E-state index in [1.807, 2.05) is 30.3 Å². The molecule has 2 saturated heterocycles. The molecular formula is C19H24N2O5S.